The number of aromatic nitrogens is 3. The Labute approximate surface area is 337 Å². The summed E-state index contributed by atoms with van der Waals surface area (Å²) in [5.41, 5.74) is 21.8. The van der Waals surface area contributed by atoms with Crippen LogP contribution < -0.4 is 0 Å². The smallest absolute Gasteiger partial charge is 0.136 e. The maximum Gasteiger partial charge on any atom is 0.136 e. The molecule has 0 fully saturated rings. The molecule has 8 aromatic carbocycles. The summed E-state index contributed by atoms with van der Waals surface area (Å²) in [6.07, 6.45) is 0.882. The SMILES string of the molecule is Cc1ccc(-c2c(-c3ccccc3)nnnc2-c2ccccc2-c2c(-c3ccccc3)ccc3oc4ccccc4c23)c(-c2cccc3c2Cc2ccccc2-3)c1C. The van der Waals surface area contributed by atoms with E-state index in [-0.39, 0.29) is 0 Å². The number of furan rings is 1. The second-order valence-corrected chi connectivity index (χ2v) is 15.2. The van der Waals surface area contributed by atoms with Gasteiger partial charge >= 0.3 is 0 Å². The molecule has 1 aliphatic carbocycles. The molecule has 0 aliphatic heterocycles. The fraction of sp³-hybridized carbons (Fsp3) is 0.0556. The Morgan fingerprint density at radius 1 is 0.414 bits per heavy atom. The van der Waals surface area contributed by atoms with Crippen LogP contribution in [0.3, 0.4) is 0 Å². The van der Waals surface area contributed by atoms with Gasteiger partial charge in [0.2, 0.25) is 0 Å². The molecular weight excluding hydrogens is 707 g/mol. The maximum atomic E-state index is 6.53. The van der Waals surface area contributed by atoms with Crippen LogP contribution in [-0.4, -0.2) is 15.4 Å². The number of aryl methyl sites for hydroxylation is 1. The van der Waals surface area contributed by atoms with Crippen LogP contribution in [0.25, 0.3) is 100 Å². The van der Waals surface area contributed by atoms with Crippen molar-refractivity contribution in [2.45, 2.75) is 20.3 Å². The number of benzene rings is 8. The number of hydrogen-bond donors (Lipinski definition) is 0. The summed E-state index contributed by atoms with van der Waals surface area (Å²) in [4.78, 5) is 0. The third-order valence-corrected chi connectivity index (χ3v) is 12.0. The highest BCUT2D eigenvalue weighted by atomic mass is 16.3. The summed E-state index contributed by atoms with van der Waals surface area (Å²) in [6.45, 7) is 4.46. The van der Waals surface area contributed by atoms with Crippen LogP contribution in [0.15, 0.2) is 180 Å². The molecule has 274 valence electrons. The summed E-state index contributed by atoms with van der Waals surface area (Å²) in [7, 11) is 0. The van der Waals surface area contributed by atoms with Crippen LogP contribution in [0, 0.1) is 13.8 Å². The third kappa shape index (κ3) is 5.33. The van der Waals surface area contributed by atoms with Crippen molar-refractivity contribution in [1.82, 2.24) is 15.4 Å². The van der Waals surface area contributed by atoms with E-state index in [0.717, 1.165) is 84.3 Å². The molecule has 4 nitrogen and oxygen atoms in total. The van der Waals surface area contributed by atoms with Crippen LogP contribution in [0.2, 0.25) is 0 Å². The van der Waals surface area contributed by atoms with Crippen molar-refractivity contribution in [3.05, 3.63) is 198 Å². The lowest BCUT2D eigenvalue weighted by atomic mass is 9.82. The highest BCUT2D eigenvalue weighted by molar-refractivity contribution is 6.17. The van der Waals surface area contributed by atoms with Crippen LogP contribution in [0.4, 0.5) is 0 Å². The molecule has 0 atom stereocenters. The van der Waals surface area contributed by atoms with Gasteiger partial charge in [0.15, 0.2) is 0 Å². The Morgan fingerprint density at radius 2 is 1.05 bits per heavy atom. The maximum absolute atomic E-state index is 6.53. The van der Waals surface area contributed by atoms with Gasteiger partial charge in [-0.05, 0) is 104 Å². The molecule has 4 heteroatoms. The fourth-order valence-electron chi connectivity index (χ4n) is 9.19. The first-order chi connectivity index (χ1) is 28.6. The molecule has 0 spiro atoms. The minimum Gasteiger partial charge on any atom is -0.456 e. The van der Waals surface area contributed by atoms with Gasteiger partial charge in [-0.3, -0.25) is 0 Å². The summed E-state index contributed by atoms with van der Waals surface area (Å²) >= 11 is 0. The standard InChI is InChI=1S/C54H37N3O/c1-33-28-29-45(49(34(33)2)42-26-15-25-40-38-21-10-9-20-37(38)32-46(40)42)52-53(36-18-7-4-8-19-36)55-57-56-54(52)43-23-12-11-22-41(43)50-39(35-16-5-3-6-17-35)30-31-48-51(50)44-24-13-14-27-47(44)58-48/h3-31H,32H2,1-2H3. The molecule has 58 heavy (non-hydrogen) atoms. The normalized spacial score (nSPS) is 11.9. The number of nitrogens with zero attached hydrogens (tertiary/aromatic N) is 3. The Morgan fingerprint density at radius 3 is 1.88 bits per heavy atom. The Balaban J connectivity index is 1.24. The van der Waals surface area contributed by atoms with E-state index in [0.29, 0.717) is 0 Å². The average Bonchev–Trinajstić information content (AvgIpc) is 3.86. The quantitative estimate of drug-likeness (QED) is 0.170. The first-order valence-corrected chi connectivity index (χ1v) is 19.8. The molecule has 2 aromatic heterocycles. The fourth-order valence-corrected chi connectivity index (χ4v) is 9.19. The molecule has 10 aromatic rings. The van der Waals surface area contributed by atoms with E-state index in [2.05, 4.69) is 177 Å². The van der Waals surface area contributed by atoms with Crippen LogP contribution in [0.5, 0.6) is 0 Å². The largest absolute Gasteiger partial charge is 0.456 e. The van der Waals surface area contributed by atoms with Gasteiger partial charge in [0.1, 0.15) is 22.6 Å². The van der Waals surface area contributed by atoms with Gasteiger partial charge in [0.05, 0.1) is 0 Å². The molecule has 0 saturated heterocycles. The number of para-hydroxylation sites is 1. The number of fused-ring (bicyclic) bond motifs is 6. The number of rotatable bonds is 6. The van der Waals surface area contributed by atoms with Gasteiger partial charge in [-0.25, -0.2) is 0 Å². The van der Waals surface area contributed by atoms with Crippen LogP contribution in [-0.2, 0) is 6.42 Å². The monoisotopic (exact) mass is 743 g/mol. The highest BCUT2D eigenvalue weighted by Gasteiger charge is 2.29. The lowest BCUT2D eigenvalue weighted by molar-refractivity contribution is 0.669. The summed E-state index contributed by atoms with van der Waals surface area (Å²) in [5, 5.41) is 16.6. The van der Waals surface area contributed by atoms with Gasteiger partial charge in [0.25, 0.3) is 0 Å². The highest BCUT2D eigenvalue weighted by Crippen LogP contribution is 2.51. The molecule has 11 rings (SSSR count). The van der Waals surface area contributed by atoms with Gasteiger partial charge < -0.3 is 4.42 Å². The van der Waals surface area contributed by atoms with E-state index in [1.165, 1.54) is 44.5 Å². The first kappa shape index (κ1) is 33.9. The second-order valence-electron chi connectivity index (χ2n) is 15.2. The van der Waals surface area contributed by atoms with Crippen molar-refractivity contribution in [1.29, 1.82) is 0 Å². The average molecular weight is 744 g/mol. The molecule has 0 amide bonds. The van der Waals surface area contributed by atoms with Crippen LogP contribution >= 0.6 is 0 Å². The third-order valence-electron chi connectivity index (χ3n) is 12.0. The van der Waals surface area contributed by atoms with E-state index in [1.54, 1.807) is 0 Å². The van der Waals surface area contributed by atoms with E-state index in [9.17, 15) is 0 Å². The number of hydrogen-bond acceptors (Lipinski definition) is 4. The lowest BCUT2D eigenvalue weighted by Crippen LogP contribution is -2.04. The molecule has 0 unspecified atom stereocenters. The Hall–Kier alpha value is -7.43. The second kappa shape index (κ2) is 13.6. The Kier molecular flexibility index (Phi) is 7.97. The van der Waals surface area contributed by atoms with Gasteiger partial charge in [0, 0.05) is 33.0 Å². The Bertz CT molecular complexity index is 3220. The van der Waals surface area contributed by atoms with E-state index in [1.807, 2.05) is 18.2 Å². The summed E-state index contributed by atoms with van der Waals surface area (Å²) < 4.78 is 6.53. The van der Waals surface area contributed by atoms with Crippen molar-refractivity contribution in [3.8, 4) is 78.1 Å². The zero-order chi connectivity index (χ0) is 38.7. The van der Waals surface area contributed by atoms with Crippen molar-refractivity contribution in [2.75, 3.05) is 0 Å². The summed E-state index contributed by atoms with van der Waals surface area (Å²) in [5.74, 6) is 0. The molecular formula is C54H37N3O. The van der Waals surface area contributed by atoms with Gasteiger partial charge in [-0.2, -0.15) is 0 Å². The first-order valence-electron chi connectivity index (χ1n) is 19.8. The van der Waals surface area contributed by atoms with Crippen molar-refractivity contribution in [3.63, 3.8) is 0 Å². The van der Waals surface area contributed by atoms with Crippen LogP contribution in [0.1, 0.15) is 22.3 Å². The molecule has 0 radical (unpaired) electrons. The van der Waals surface area contributed by atoms with Gasteiger partial charge in [-0.1, -0.05) is 164 Å². The topological polar surface area (TPSA) is 51.8 Å². The summed E-state index contributed by atoms with van der Waals surface area (Å²) in [6, 6.07) is 62.4. The van der Waals surface area contributed by atoms with E-state index < -0.39 is 0 Å². The van der Waals surface area contributed by atoms with Gasteiger partial charge in [-0.15, -0.1) is 10.2 Å². The van der Waals surface area contributed by atoms with E-state index >= 15 is 0 Å². The predicted molar refractivity (Wildman–Crippen MR) is 237 cm³/mol. The molecule has 2 heterocycles. The predicted octanol–water partition coefficient (Wildman–Crippen LogP) is 14.0. The molecule has 1 aliphatic rings. The minimum absolute atomic E-state index is 0.772. The van der Waals surface area contributed by atoms with Crippen molar-refractivity contribution >= 4 is 21.9 Å². The molecule has 0 bridgehead atoms. The minimum atomic E-state index is 0.772. The van der Waals surface area contributed by atoms with E-state index in [4.69, 9.17) is 14.6 Å². The van der Waals surface area contributed by atoms with Crippen molar-refractivity contribution in [2.24, 2.45) is 0 Å². The zero-order valence-corrected chi connectivity index (χ0v) is 32.2. The van der Waals surface area contributed by atoms with Crippen molar-refractivity contribution < 1.29 is 4.42 Å². The lowest BCUT2D eigenvalue weighted by Gasteiger charge is -2.22. The zero-order valence-electron chi connectivity index (χ0n) is 32.2. The molecule has 0 N–H and O–H groups in total. The molecule has 0 saturated carbocycles.